The van der Waals surface area contributed by atoms with Gasteiger partial charge in [-0.1, -0.05) is 36.4 Å². The van der Waals surface area contributed by atoms with Crippen molar-refractivity contribution in [2.75, 3.05) is 18.4 Å². The second-order valence-corrected chi connectivity index (χ2v) is 6.15. The third kappa shape index (κ3) is 2.76. The number of amides is 1. The first-order valence-corrected chi connectivity index (χ1v) is 8.23. The summed E-state index contributed by atoms with van der Waals surface area (Å²) < 4.78 is 0. The Balaban J connectivity index is 1.59. The highest BCUT2D eigenvalue weighted by molar-refractivity contribution is 6.02. The van der Waals surface area contributed by atoms with E-state index in [0.717, 1.165) is 23.1 Å². The van der Waals surface area contributed by atoms with E-state index >= 15 is 0 Å². The number of hydrogen-bond acceptors (Lipinski definition) is 3. The minimum Gasteiger partial charge on any atom is -0.325 e. The van der Waals surface area contributed by atoms with E-state index in [0.29, 0.717) is 6.54 Å². The molecule has 4 nitrogen and oxygen atoms in total. The van der Waals surface area contributed by atoms with Gasteiger partial charge < -0.3 is 10.6 Å². The number of aromatic nitrogens is 1. The zero-order valence-electron chi connectivity index (χ0n) is 13.3. The average Bonchev–Trinajstić information content (AvgIpc) is 3.13. The molecule has 1 saturated heterocycles. The molecule has 2 heterocycles. The van der Waals surface area contributed by atoms with Crippen LogP contribution in [-0.2, 0) is 4.79 Å². The third-order valence-electron chi connectivity index (χ3n) is 4.68. The Morgan fingerprint density at radius 3 is 2.75 bits per heavy atom. The van der Waals surface area contributed by atoms with E-state index in [-0.39, 0.29) is 17.7 Å². The van der Waals surface area contributed by atoms with E-state index in [1.807, 2.05) is 48.5 Å². The van der Waals surface area contributed by atoms with E-state index in [4.69, 9.17) is 0 Å². The number of hydrogen-bond donors (Lipinski definition) is 2. The van der Waals surface area contributed by atoms with Gasteiger partial charge in [-0.3, -0.25) is 9.78 Å². The van der Waals surface area contributed by atoms with Crippen molar-refractivity contribution in [1.82, 2.24) is 10.3 Å². The molecule has 4 rings (SSSR count). The summed E-state index contributed by atoms with van der Waals surface area (Å²) in [5.74, 6) is 0.198. The molecule has 0 spiro atoms. The number of nitrogens with zero attached hydrogens (tertiary/aromatic N) is 1. The van der Waals surface area contributed by atoms with E-state index in [1.165, 1.54) is 5.56 Å². The molecule has 4 heteroatoms. The molecule has 1 aliphatic rings. The Kier molecular flexibility index (Phi) is 3.97. The van der Waals surface area contributed by atoms with Gasteiger partial charge in [-0.15, -0.1) is 0 Å². The van der Waals surface area contributed by atoms with Gasteiger partial charge in [0.25, 0.3) is 0 Å². The van der Waals surface area contributed by atoms with Crippen molar-refractivity contribution in [2.24, 2.45) is 5.92 Å². The van der Waals surface area contributed by atoms with Gasteiger partial charge in [0.15, 0.2) is 0 Å². The van der Waals surface area contributed by atoms with E-state index in [2.05, 4.69) is 27.8 Å². The Labute approximate surface area is 140 Å². The van der Waals surface area contributed by atoms with Crippen molar-refractivity contribution in [3.8, 4) is 0 Å². The Morgan fingerprint density at radius 1 is 1.00 bits per heavy atom. The first kappa shape index (κ1) is 14.8. The monoisotopic (exact) mass is 317 g/mol. The van der Waals surface area contributed by atoms with Gasteiger partial charge in [0.05, 0.1) is 17.1 Å². The van der Waals surface area contributed by atoms with Gasteiger partial charge in [-0.25, -0.2) is 0 Å². The molecular weight excluding hydrogens is 298 g/mol. The van der Waals surface area contributed by atoms with Crippen LogP contribution in [0.1, 0.15) is 11.5 Å². The molecule has 0 bridgehead atoms. The lowest BCUT2D eigenvalue weighted by Gasteiger charge is -2.19. The molecule has 1 fully saturated rings. The number of benzene rings is 2. The Bertz CT molecular complexity index is 858. The maximum absolute atomic E-state index is 12.9. The highest BCUT2D eigenvalue weighted by atomic mass is 16.1. The highest BCUT2D eigenvalue weighted by Gasteiger charge is 2.34. The zero-order chi connectivity index (χ0) is 16.4. The molecule has 1 aromatic heterocycles. The van der Waals surface area contributed by atoms with Gasteiger partial charge in [0.2, 0.25) is 5.91 Å². The minimum atomic E-state index is -0.0701. The predicted molar refractivity (Wildman–Crippen MR) is 95.9 cm³/mol. The number of carbonyl (C=O) groups is 1. The summed E-state index contributed by atoms with van der Waals surface area (Å²) in [5.41, 5.74) is 2.92. The normalized spacial score (nSPS) is 20.2. The van der Waals surface area contributed by atoms with Crippen molar-refractivity contribution >= 4 is 22.5 Å². The van der Waals surface area contributed by atoms with E-state index in [1.54, 1.807) is 6.20 Å². The number of rotatable bonds is 3. The van der Waals surface area contributed by atoms with Crippen LogP contribution in [-0.4, -0.2) is 24.0 Å². The highest BCUT2D eigenvalue weighted by Crippen LogP contribution is 2.30. The molecule has 24 heavy (non-hydrogen) atoms. The fourth-order valence-electron chi connectivity index (χ4n) is 3.44. The summed E-state index contributed by atoms with van der Waals surface area (Å²) in [4.78, 5) is 17.2. The third-order valence-corrected chi connectivity index (χ3v) is 4.68. The number of carbonyl (C=O) groups excluding carboxylic acids is 1. The van der Waals surface area contributed by atoms with E-state index < -0.39 is 0 Å². The SMILES string of the molecule is O=C(Nc1cccc2ncccc12)C1CNCC1c1ccccc1. The summed E-state index contributed by atoms with van der Waals surface area (Å²) in [7, 11) is 0. The lowest BCUT2D eigenvalue weighted by atomic mass is 9.88. The van der Waals surface area contributed by atoms with Crippen LogP contribution in [0.2, 0.25) is 0 Å². The van der Waals surface area contributed by atoms with Gasteiger partial charge >= 0.3 is 0 Å². The Morgan fingerprint density at radius 2 is 1.88 bits per heavy atom. The standard InChI is InChI=1S/C20H19N3O/c24-20(17-13-21-12-16(17)14-6-2-1-3-7-14)23-19-10-4-9-18-15(19)8-5-11-22-18/h1-11,16-17,21H,12-13H2,(H,23,24). The Hall–Kier alpha value is -2.72. The lowest BCUT2D eigenvalue weighted by Crippen LogP contribution is -2.28. The second kappa shape index (κ2) is 6.42. The van der Waals surface area contributed by atoms with Gasteiger partial charge in [0, 0.05) is 30.6 Å². The summed E-state index contributed by atoms with van der Waals surface area (Å²) in [6, 6.07) is 19.9. The summed E-state index contributed by atoms with van der Waals surface area (Å²) in [5, 5.41) is 7.43. The quantitative estimate of drug-likeness (QED) is 0.780. The summed E-state index contributed by atoms with van der Waals surface area (Å²) >= 11 is 0. The van der Waals surface area contributed by atoms with Gasteiger partial charge in [0.1, 0.15) is 0 Å². The molecule has 0 saturated carbocycles. The number of pyridine rings is 1. The van der Waals surface area contributed by atoms with Gasteiger partial charge in [-0.05, 0) is 29.8 Å². The molecule has 2 unspecified atom stereocenters. The van der Waals surface area contributed by atoms with Crippen molar-refractivity contribution in [3.05, 3.63) is 72.4 Å². The van der Waals surface area contributed by atoms with Crippen LogP contribution in [0.5, 0.6) is 0 Å². The number of nitrogens with one attached hydrogen (secondary N) is 2. The van der Waals surface area contributed by atoms with Crippen molar-refractivity contribution in [1.29, 1.82) is 0 Å². The predicted octanol–water partition coefficient (Wildman–Crippen LogP) is 3.18. The van der Waals surface area contributed by atoms with Crippen LogP contribution in [0.15, 0.2) is 66.9 Å². The zero-order valence-corrected chi connectivity index (χ0v) is 13.3. The van der Waals surface area contributed by atoms with E-state index in [9.17, 15) is 4.79 Å². The molecule has 1 amide bonds. The van der Waals surface area contributed by atoms with Crippen LogP contribution in [0.4, 0.5) is 5.69 Å². The van der Waals surface area contributed by atoms with Crippen LogP contribution in [0.3, 0.4) is 0 Å². The van der Waals surface area contributed by atoms with Crippen molar-refractivity contribution < 1.29 is 4.79 Å². The second-order valence-electron chi connectivity index (χ2n) is 6.15. The average molecular weight is 317 g/mol. The summed E-state index contributed by atoms with van der Waals surface area (Å²) in [6.45, 7) is 1.54. The fraction of sp³-hybridized carbons (Fsp3) is 0.200. The first-order chi connectivity index (χ1) is 11.8. The molecule has 120 valence electrons. The number of anilines is 1. The van der Waals surface area contributed by atoms with Crippen LogP contribution in [0.25, 0.3) is 10.9 Å². The molecular formula is C20H19N3O. The molecule has 2 aromatic carbocycles. The van der Waals surface area contributed by atoms with Crippen LogP contribution >= 0.6 is 0 Å². The first-order valence-electron chi connectivity index (χ1n) is 8.23. The van der Waals surface area contributed by atoms with Gasteiger partial charge in [-0.2, -0.15) is 0 Å². The van der Waals surface area contributed by atoms with Crippen LogP contribution in [0, 0.1) is 5.92 Å². The maximum Gasteiger partial charge on any atom is 0.229 e. The largest absolute Gasteiger partial charge is 0.325 e. The molecule has 1 aliphatic heterocycles. The maximum atomic E-state index is 12.9. The molecule has 2 N–H and O–H groups in total. The fourth-order valence-corrected chi connectivity index (χ4v) is 3.44. The molecule has 0 radical (unpaired) electrons. The topological polar surface area (TPSA) is 54.0 Å². The summed E-state index contributed by atoms with van der Waals surface area (Å²) in [6.07, 6.45) is 1.76. The molecule has 2 atom stereocenters. The van der Waals surface area contributed by atoms with Crippen molar-refractivity contribution in [2.45, 2.75) is 5.92 Å². The van der Waals surface area contributed by atoms with Crippen LogP contribution < -0.4 is 10.6 Å². The molecule has 0 aliphatic carbocycles. The lowest BCUT2D eigenvalue weighted by molar-refractivity contribution is -0.119. The van der Waals surface area contributed by atoms with Crippen molar-refractivity contribution in [3.63, 3.8) is 0 Å². The molecule has 3 aromatic rings. The smallest absolute Gasteiger partial charge is 0.229 e. The minimum absolute atomic E-state index is 0.0604. The number of fused-ring (bicyclic) bond motifs is 1.